The summed E-state index contributed by atoms with van der Waals surface area (Å²) in [5.41, 5.74) is 0. The first-order chi connectivity index (χ1) is 8.13. The Hall–Kier alpha value is -1.04. The highest BCUT2D eigenvalue weighted by Gasteiger charge is 2.20. The highest BCUT2D eigenvalue weighted by Crippen LogP contribution is 2.09. The fraction of sp³-hybridized carbons (Fsp3) is 0.727. The Balaban J connectivity index is 2.16. The first-order valence-corrected chi connectivity index (χ1v) is 6.81. The number of rotatable bonds is 5. The zero-order chi connectivity index (χ0) is 12.7. The first-order valence-electron chi connectivity index (χ1n) is 5.66. The second-order valence-corrected chi connectivity index (χ2v) is 4.70. The van der Waals surface area contributed by atoms with Gasteiger partial charge in [0.05, 0.1) is 18.1 Å². The molecule has 1 amide bonds. The highest BCUT2D eigenvalue weighted by molar-refractivity contribution is 8.00. The molecule has 0 aromatic heterocycles. The molecule has 1 heterocycles. The van der Waals surface area contributed by atoms with Crippen LogP contribution in [0.15, 0.2) is 0 Å². The maximum absolute atomic E-state index is 11.7. The Morgan fingerprint density at radius 3 is 2.53 bits per heavy atom. The zero-order valence-electron chi connectivity index (χ0n) is 9.94. The summed E-state index contributed by atoms with van der Waals surface area (Å²) in [6.07, 6.45) is 0.905. The molecule has 1 aliphatic heterocycles. The molecule has 1 fully saturated rings. The number of amides is 1. The van der Waals surface area contributed by atoms with Crippen LogP contribution in [0.3, 0.4) is 0 Å². The SMILES string of the molecule is CCOC(=O)CSCC(=O)N1CCC(=O)CC1. The quantitative estimate of drug-likeness (QED) is 0.672. The molecule has 0 aliphatic carbocycles. The van der Waals surface area contributed by atoms with Gasteiger partial charge in [0.15, 0.2) is 0 Å². The van der Waals surface area contributed by atoms with Crippen molar-refractivity contribution in [3.05, 3.63) is 0 Å². The lowest BCUT2D eigenvalue weighted by molar-refractivity contribution is -0.139. The Labute approximate surface area is 105 Å². The smallest absolute Gasteiger partial charge is 0.315 e. The van der Waals surface area contributed by atoms with Gasteiger partial charge in [-0.1, -0.05) is 0 Å². The molecule has 1 saturated heterocycles. The van der Waals surface area contributed by atoms with E-state index in [4.69, 9.17) is 4.74 Å². The van der Waals surface area contributed by atoms with E-state index < -0.39 is 0 Å². The number of likely N-dealkylation sites (tertiary alicyclic amines) is 1. The fourth-order valence-electron chi connectivity index (χ4n) is 1.52. The molecule has 96 valence electrons. The molecule has 0 saturated carbocycles. The van der Waals surface area contributed by atoms with Crippen molar-refractivity contribution in [2.45, 2.75) is 19.8 Å². The van der Waals surface area contributed by atoms with Gasteiger partial charge in [0.25, 0.3) is 0 Å². The molecule has 6 heteroatoms. The van der Waals surface area contributed by atoms with Crippen LogP contribution in [0.4, 0.5) is 0 Å². The molecular formula is C11H17NO4S. The molecular weight excluding hydrogens is 242 g/mol. The molecule has 0 radical (unpaired) electrons. The van der Waals surface area contributed by atoms with E-state index in [1.807, 2.05) is 0 Å². The van der Waals surface area contributed by atoms with E-state index in [9.17, 15) is 14.4 Å². The van der Waals surface area contributed by atoms with Crippen LogP contribution in [-0.2, 0) is 19.1 Å². The lowest BCUT2D eigenvalue weighted by atomic mass is 10.1. The van der Waals surface area contributed by atoms with E-state index in [0.29, 0.717) is 32.5 Å². The Morgan fingerprint density at radius 2 is 1.94 bits per heavy atom. The summed E-state index contributed by atoms with van der Waals surface area (Å²) in [7, 11) is 0. The van der Waals surface area contributed by atoms with Gasteiger partial charge in [-0.15, -0.1) is 11.8 Å². The van der Waals surface area contributed by atoms with E-state index >= 15 is 0 Å². The third kappa shape index (κ3) is 5.21. The molecule has 5 nitrogen and oxygen atoms in total. The summed E-state index contributed by atoms with van der Waals surface area (Å²) in [4.78, 5) is 35.4. The van der Waals surface area contributed by atoms with E-state index in [2.05, 4.69) is 0 Å². The third-order valence-corrected chi connectivity index (χ3v) is 3.32. The Bertz CT molecular complexity index is 296. The zero-order valence-corrected chi connectivity index (χ0v) is 10.8. The maximum atomic E-state index is 11.7. The van der Waals surface area contributed by atoms with Crippen LogP contribution in [0.1, 0.15) is 19.8 Å². The molecule has 0 N–H and O–H groups in total. The molecule has 1 aliphatic rings. The van der Waals surface area contributed by atoms with E-state index in [1.54, 1.807) is 11.8 Å². The number of carbonyl (C=O) groups is 3. The van der Waals surface area contributed by atoms with Gasteiger partial charge in [-0.2, -0.15) is 0 Å². The van der Waals surface area contributed by atoms with Crippen molar-refractivity contribution in [3.8, 4) is 0 Å². The number of ether oxygens (including phenoxy) is 1. The normalized spacial score (nSPS) is 15.8. The van der Waals surface area contributed by atoms with Crippen LogP contribution in [-0.4, -0.2) is 53.8 Å². The van der Waals surface area contributed by atoms with Gasteiger partial charge in [0.2, 0.25) is 5.91 Å². The number of carbonyl (C=O) groups excluding carboxylic acids is 3. The second kappa shape index (κ2) is 7.32. The minimum Gasteiger partial charge on any atom is -0.465 e. The van der Waals surface area contributed by atoms with Gasteiger partial charge in [0, 0.05) is 25.9 Å². The number of Topliss-reactive ketones (excluding diaryl/α,β-unsaturated/α-hetero) is 1. The number of nitrogens with zero attached hydrogens (tertiary/aromatic N) is 1. The molecule has 0 spiro atoms. The lowest BCUT2D eigenvalue weighted by Gasteiger charge is -2.25. The van der Waals surface area contributed by atoms with Gasteiger partial charge < -0.3 is 9.64 Å². The highest BCUT2D eigenvalue weighted by atomic mass is 32.2. The van der Waals surface area contributed by atoms with Crippen LogP contribution in [0.5, 0.6) is 0 Å². The number of piperidine rings is 1. The molecule has 0 aromatic rings. The lowest BCUT2D eigenvalue weighted by Crippen LogP contribution is -2.39. The van der Waals surface area contributed by atoms with Gasteiger partial charge in [-0.3, -0.25) is 14.4 Å². The average Bonchev–Trinajstić information content (AvgIpc) is 2.30. The minimum absolute atomic E-state index is 0.00759. The van der Waals surface area contributed by atoms with Crippen molar-refractivity contribution in [1.82, 2.24) is 4.90 Å². The number of ketones is 1. The van der Waals surface area contributed by atoms with E-state index in [1.165, 1.54) is 11.8 Å². The monoisotopic (exact) mass is 259 g/mol. The number of thioether (sulfide) groups is 1. The standard InChI is InChI=1S/C11H17NO4S/c1-2-16-11(15)8-17-7-10(14)12-5-3-9(13)4-6-12/h2-8H2,1H3. The fourth-order valence-corrected chi connectivity index (χ4v) is 2.23. The van der Waals surface area contributed by atoms with E-state index in [-0.39, 0.29) is 29.2 Å². The second-order valence-electron chi connectivity index (χ2n) is 3.72. The summed E-state index contributed by atoms with van der Waals surface area (Å²) in [6, 6.07) is 0. The topological polar surface area (TPSA) is 63.7 Å². The third-order valence-electron chi connectivity index (χ3n) is 2.42. The van der Waals surface area contributed by atoms with Crippen LogP contribution in [0.25, 0.3) is 0 Å². The summed E-state index contributed by atoms with van der Waals surface area (Å²) in [5, 5.41) is 0. The van der Waals surface area contributed by atoms with E-state index in [0.717, 1.165) is 0 Å². The molecule has 1 rings (SSSR count). The summed E-state index contributed by atoms with van der Waals surface area (Å²) >= 11 is 1.25. The van der Waals surface area contributed by atoms with Crippen LogP contribution >= 0.6 is 11.8 Å². The van der Waals surface area contributed by atoms with Crippen molar-refractivity contribution in [2.24, 2.45) is 0 Å². The minimum atomic E-state index is -0.292. The summed E-state index contributed by atoms with van der Waals surface area (Å²) < 4.78 is 4.75. The van der Waals surface area contributed by atoms with Gasteiger partial charge >= 0.3 is 5.97 Å². The largest absolute Gasteiger partial charge is 0.465 e. The molecule has 17 heavy (non-hydrogen) atoms. The summed E-state index contributed by atoms with van der Waals surface area (Å²) in [6.45, 7) is 3.13. The van der Waals surface area contributed by atoms with Gasteiger partial charge in [-0.05, 0) is 6.92 Å². The first kappa shape index (κ1) is 14.0. The van der Waals surface area contributed by atoms with Gasteiger partial charge in [0.1, 0.15) is 5.78 Å². The van der Waals surface area contributed by atoms with Crippen molar-refractivity contribution >= 4 is 29.4 Å². The van der Waals surface area contributed by atoms with Crippen LogP contribution in [0.2, 0.25) is 0 Å². The predicted molar refractivity (Wildman–Crippen MR) is 64.8 cm³/mol. The Morgan fingerprint density at radius 1 is 1.29 bits per heavy atom. The molecule has 0 aromatic carbocycles. The van der Waals surface area contributed by atoms with Crippen LogP contribution in [0, 0.1) is 0 Å². The molecule has 0 unspecified atom stereocenters. The number of hydrogen-bond donors (Lipinski definition) is 0. The maximum Gasteiger partial charge on any atom is 0.315 e. The average molecular weight is 259 g/mol. The number of esters is 1. The number of hydrogen-bond acceptors (Lipinski definition) is 5. The van der Waals surface area contributed by atoms with Crippen molar-refractivity contribution in [1.29, 1.82) is 0 Å². The molecule has 0 bridgehead atoms. The van der Waals surface area contributed by atoms with Crippen molar-refractivity contribution in [2.75, 3.05) is 31.2 Å². The Kier molecular flexibility index (Phi) is 6.04. The summed E-state index contributed by atoms with van der Waals surface area (Å²) in [5.74, 6) is 0.387. The molecule has 0 atom stereocenters. The van der Waals surface area contributed by atoms with Crippen molar-refractivity contribution < 1.29 is 19.1 Å². The predicted octanol–water partition coefficient (Wildman–Crippen LogP) is 0.474. The van der Waals surface area contributed by atoms with Crippen LogP contribution < -0.4 is 0 Å². The van der Waals surface area contributed by atoms with Crippen molar-refractivity contribution in [3.63, 3.8) is 0 Å². The van der Waals surface area contributed by atoms with Gasteiger partial charge in [-0.25, -0.2) is 0 Å².